The lowest BCUT2D eigenvalue weighted by Gasteiger charge is -2.50. The van der Waals surface area contributed by atoms with Crippen LogP contribution < -0.4 is 0 Å². The van der Waals surface area contributed by atoms with Crippen LogP contribution in [-0.4, -0.2) is 273 Å². The third kappa shape index (κ3) is 9.16. The number of hydrogen-bond donors (Lipinski definition) is 17. The first-order valence-corrected chi connectivity index (χ1v) is 17.6. The summed E-state index contributed by atoms with van der Waals surface area (Å²) in [6.07, 6.45) is -47.9. The molecular formula is C30H52O26. The molecule has 328 valence electrons. The van der Waals surface area contributed by atoms with E-state index in [0.717, 1.165) is 0 Å². The van der Waals surface area contributed by atoms with Gasteiger partial charge in [-0.05, 0) is 0 Å². The van der Waals surface area contributed by atoms with E-state index in [1.807, 2.05) is 0 Å². The fourth-order valence-electron chi connectivity index (χ4n) is 6.97. The van der Waals surface area contributed by atoms with E-state index in [0.29, 0.717) is 0 Å². The molecule has 0 radical (unpaired) electrons. The summed E-state index contributed by atoms with van der Waals surface area (Å²) in [4.78, 5) is 0. The Morgan fingerprint density at radius 1 is 0.268 bits per heavy atom. The van der Waals surface area contributed by atoms with Crippen molar-refractivity contribution in [2.45, 2.75) is 154 Å². The van der Waals surface area contributed by atoms with Crippen LogP contribution in [0.4, 0.5) is 0 Å². The summed E-state index contributed by atoms with van der Waals surface area (Å²) >= 11 is 0. The van der Waals surface area contributed by atoms with Gasteiger partial charge in [0.2, 0.25) is 0 Å². The lowest BCUT2D eigenvalue weighted by Crippen LogP contribution is -2.68. The summed E-state index contributed by atoms with van der Waals surface area (Å²) in [5.74, 6) is 0. The second-order valence-corrected chi connectivity index (χ2v) is 13.9. The first-order chi connectivity index (χ1) is 26.5. The quantitative estimate of drug-likeness (QED) is 0.0819. The molecule has 5 saturated heterocycles. The Bertz CT molecular complexity index is 1210. The summed E-state index contributed by atoms with van der Waals surface area (Å²) in [7, 11) is 0. The highest BCUT2D eigenvalue weighted by molar-refractivity contribution is 4.99. The molecule has 1 unspecified atom stereocenters. The summed E-state index contributed by atoms with van der Waals surface area (Å²) < 4.78 is 49.7. The Morgan fingerprint density at radius 3 is 1.02 bits per heavy atom. The van der Waals surface area contributed by atoms with E-state index in [2.05, 4.69) is 0 Å². The Labute approximate surface area is 316 Å². The molecule has 0 aromatic carbocycles. The Kier molecular flexibility index (Phi) is 16.1. The number of aliphatic hydroxyl groups is 17. The van der Waals surface area contributed by atoms with Crippen molar-refractivity contribution in [1.82, 2.24) is 0 Å². The molecule has 26 heteroatoms. The number of ether oxygens (including phenoxy) is 9. The second-order valence-electron chi connectivity index (χ2n) is 13.9. The van der Waals surface area contributed by atoms with E-state index in [1.54, 1.807) is 0 Å². The summed E-state index contributed by atoms with van der Waals surface area (Å²) in [6.45, 7) is -4.62. The fraction of sp³-hybridized carbons (Fsp3) is 1.00. The molecule has 56 heavy (non-hydrogen) atoms. The molecule has 25 atom stereocenters. The van der Waals surface area contributed by atoms with Crippen LogP contribution in [0.2, 0.25) is 0 Å². The topological polar surface area (TPSA) is 427 Å². The minimum absolute atomic E-state index is 0.863. The van der Waals surface area contributed by atoms with E-state index in [4.69, 9.17) is 42.6 Å². The van der Waals surface area contributed by atoms with Gasteiger partial charge in [0.25, 0.3) is 0 Å². The average molecular weight is 829 g/mol. The van der Waals surface area contributed by atoms with Gasteiger partial charge < -0.3 is 129 Å². The van der Waals surface area contributed by atoms with Crippen LogP contribution in [0.5, 0.6) is 0 Å². The van der Waals surface area contributed by atoms with Crippen molar-refractivity contribution in [3.8, 4) is 0 Å². The predicted octanol–water partition coefficient (Wildman–Crippen LogP) is -11.9. The van der Waals surface area contributed by atoms with E-state index in [1.165, 1.54) is 0 Å². The highest BCUT2D eigenvalue weighted by atomic mass is 16.8. The molecule has 0 aromatic heterocycles. The zero-order valence-corrected chi connectivity index (χ0v) is 29.2. The molecule has 5 rings (SSSR count). The van der Waals surface area contributed by atoms with Crippen LogP contribution in [0.1, 0.15) is 0 Å². The minimum atomic E-state index is -2.17. The van der Waals surface area contributed by atoms with Crippen LogP contribution in [0.25, 0.3) is 0 Å². The Balaban J connectivity index is 1.42. The van der Waals surface area contributed by atoms with Crippen LogP contribution in [-0.2, 0) is 42.6 Å². The maximum absolute atomic E-state index is 11.3. The maximum Gasteiger partial charge on any atom is 0.187 e. The smallest absolute Gasteiger partial charge is 0.187 e. The van der Waals surface area contributed by atoms with Crippen molar-refractivity contribution in [2.24, 2.45) is 0 Å². The summed E-state index contributed by atoms with van der Waals surface area (Å²) in [5.41, 5.74) is 0. The zero-order valence-electron chi connectivity index (χ0n) is 29.2. The van der Waals surface area contributed by atoms with E-state index < -0.39 is 187 Å². The number of hydrogen-bond acceptors (Lipinski definition) is 26. The monoisotopic (exact) mass is 828 g/mol. The summed E-state index contributed by atoms with van der Waals surface area (Å²) in [5, 5.41) is 177. The molecule has 0 spiro atoms. The lowest BCUT2D eigenvalue weighted by atomic mass is 9.95. The molecule has 0 bridgehead atoms. The Hall–Kier alpha value is -1.04. The Morgan fingerprint density at radius 2 is 0.571 bits per heavy atom. The minimum Gasteiger partial charge on any atom is -0.394 e. The molecule has 0 amide bonds. The molecule has 26 nitrogen and oxygen atoms in total. The maximum atomic E-state index is 11.3. The molecule has 5 fully saturated rings. The van der Waals surface area contributed by atoms with Crippen LogP contribution in [0, 0.1) is 0 Å². The highest BCUT2D eigenvalue weighted by Crippen LogP contribution is 2.36. The second kappa shape index (κ2) is 19.6. The van der Waals surface area contributed by atoms with Crippen LogP contribution in [0.3, 0.4) is 0 Å². The molecule has 0 aromatic rings. The molecule has 5 aliphatic heterocycles. The van der Waals surface area contributed by atoms with E-state index in [9.17, 15) is 86.8 Å². The van der Waals surface area contributed by atoms with Gasteiger partial charge in [0.05, 0.1) is 33.0 Å². The van der Waals surface area contributed by atoms with Gasteiger partial charge in [-0.25, -0.2) is 0 Å². The third-order valence-electron chi connectivity index (χ3n) is 10.3. The highest BCUT2D eigenvalue weighted by Gasteiger charge is 2.57. The fourth-order valence-corrected chi connectivity index (χ4v) is 6.97. The number of aliphatic hydroxyl groups excluding tert-OH is 17. The third-order valence-corrected chi connectivity index (χ3v) is 10.3. The molecular weight excluding hydrogens is 776 g/mol. The van der Waals surface area contributed by atoms with Gasteiger partial charge in [0.1, 0.15) is 122 Å². The van der Waals surface area contributed by atoms with Crippen molar-refractivity contribution < 1.29 is 129 Å². The van der Waals surface area contributed by atoms with Crippen molar-refractivity contribution in [1.29, 1.82) is 0 Å². The van der Waals surface area contributed by atoms with Gasteiger partial charge in [0.15, 0.2) is 31.5 Å². The normalized spacial score (nSPS) is 53.2. The first kappa shape index (κ1) is 46.0. The van der Waals surface area contributed by atoms with Gasteiger partial charge >= 0.3 is 0 Å². The standard InChI is InChI=1S/C30H52O26/c31-1-6-11(36)16(41)19(44)27(49-6)53-23-15(40)10(5-35)50-28(21(23)46)55-24-17(42)12(37)8(3-33)52-30(24)56-25-18(43)13(38)7(2-32)51-29(25)54-22-14(39)9(4-34)48-26(47)20(22)45/h6-47H,1-5H2/t6-,7-,8-,9-,10-,11-,12-,13-,14-,15-,16+,17+,18+,19-,20+,21+,22+,23+,24+,25+,26?,27-,28-,29-,30-/m1/s1. The average Bonchev–Trinajstić information content (AvgIpc) is 3.19. The first-order valence-electron chi connectivity index (χ1n) is 17.6. The van der Waals surface area contributed by atoms with Gasteiger partial charge in [-0.2, -0.15) is 0 Å². The van der Waals surface area contributed by atoms with Gasteiger partial charge in [0, 0.05) is 0 Å². The van der Waals surface area contributed by atoms with Gasteiger partial charge in [-0.1, -0.05) is 0 Å². The number of rotatable bonds is 13. The van der Waals surface area contributed by atoms with Crippen LogP contribution in [0.15, 0.2) is 0 Å². The lowest BCUT2D eigenvalue weighted by molar-refractivity contribution is -0.407. The predicted molar refractivity (Wildman–Crippen MR) is 167 cm³/mol. The van der Waals surface area contributed by atoms with Crippen LogP contribution >= 0.6 is 0 Å². The summed E-state index contributed by atoms with van der Waals surface area (Å²) in [6, 6.07) is 0. The molecule has 0 saturated carbocycles. The van der Waals surface area contributed by atoms with Crippen molar-refractivity contribution >= 4 is 0 Å². The molecule has 0 aliphatic carbocycles. The molecule has 17 N–H and O–H groups in total. The zero-order chi connectivity index (χ0) is 41.3. The SMILES string of the molecule is OC[C@H]1O[C@H](O[C@@H]2[C@H](O)[C@@H](O[C@@H]3[C@@H](O[C@@H]4[C@@H](O[C@H]5[C@H](O)[C@@H](CO)OC(O)[C@H]5O)O[C@H](CO)[C@@H](O)[C@@H]4O)O[C@H](CO)[C@@H](O)[C@@H]3O)O[C@H](CO)[C@H]2O)[C@H](O)[C@@H](O)[C@@H]1O. The van der Waals surface area contributed by atoms with Gasteiger partial charge in [-0.15, -0.1) is 0 Å². The van der Waals surface area contributed by atoms with Crippen molar-refractivity contribution in [3.63, 3.8) is 0 Å². The van der Waals surface area contributed by atoms with E-state index in [-0.39, 0.29) is 0 Å². The van der Waals surface area contributed by atoms with Crippen molar-refractivity contribution in [3.05, 3.63) is 0 Å². The van der Waals surface area contributed by atoms with E-state index >= 15 is 0 Å². The van der Waals surface area contributed by atoms with Gasteiger partial charge in [-0.3, -0.25) is 0 Å². The largest absolute Gasteiger partial charge is 0.394 e. The van der Waals surface area contributed by atoms with Crippen molar-refractivity contribution in [2.75, 3.05) is 33.0 Å². The molecule has 5 heterocycles. The molecule has 5 aliphatic rings.